The maximum absolute atomic E-state index is 8.97. The summed E-state index contributed by atoms with van der Waals surface area (Å²) >= 11 is 0. The minimum absolute atomic E-state index is 0.715. The number of hydrogen-bond donors (Lipinski definition) is 1. The van der Waals surface area contributed by atoms with Crippen molar-refractivity contribution >= 4 is 0 Å². The molecule has 1 saturated heterocycles. The quantitative estimate of drug-likeness (QED) is 0.482. The Morgan fingerprint density at radius 2 is 2.43 bits per heavy atom. The topological polar surface area (TPSA) is 29.5 Å². The molecule has 1 heterocycles. The molecule has 7 heavy (non-hydrogen) atoms. The molecule has 1 fully saturated rings. The van der Waals surface area contributed by atoms with Crippen molar-refractivity contribution in [2.45, 2.75) is 25.6 Å². The Hall–Kier alpha value is -0.0800. The molecule has 0 radical (unpaired) electrons. The van der Waals surface area contributed by atoms with Crippen LogP contribution in [-0.4, -0.2) is 17.5 Å². The molecular weight excluding hydrogens is 92.1 g/mol. The van der Waals surface area contributed by atoms with Crippen LogP contribution in [0.3, 0.4) is 0 Å². The average Bonchev–Trinajstić information content (AvgIpc) is 1.84. The minimum Gasteiger partial charge on any atom is -0.366 e. The molecule has 0 bridgehead atoms. The fraction of sp³-hybridized carbons (Fsp3) is 1.00. The smallest absolute Gasteiger partial charge is 0.162 e. The van der Waals surface area contributed by atoms with Crippen LogP contribution >= 0.6 is 0 Å². The van der Waals surface area contributed by atoms with Gasteiger partial charge >= 0.3 is 0 Å². The Balaban J connectivity index is 2.40. The van der Waals surface area contributed by atoms with Crippen LogP contribution in [0.5, 0.6) is 0 Å². The zero-order chi connectivity index (χ0) is 5.33. The van der Waals surface area contributed by atoms with E-state index >= 15 is 0 Å². The van der Waals surface area contributed by atoms with Crippen molar-refractivity contribution in [1.29, 1.82) is 0 Å². The summed E-state index contributed by atoms with van der Waals surface area (Å²) in [5, 5.41) is 8.97. The Bertz CT molecular complexity index is 60.5. The maximum Gasteiger partial charge on any atom is 0.162 e. The molecule has 1 atom stereocenters. The number of hydrogen-bond acceptors (Lipinski definition) is 2. The van der Waals surface area contributed by atoms with E-state index in [2.05, 4.69) is 0 Å². The van der Waals surface area contributed by atoms with Crippen LogP contribution in [-0.2, 0) is 4.74 Å². The molecule has 2 heteroatoms. The van der Waals surface area contributed by atoms with Crippen LogP contribution in [0.4, 0.5) is 0 Å². The van der Waals surface area contributed by atoms with Gasteiger partial charge in [-0.1, -0.05) is 0 Å². The Labute approximate surface area is 43.1 Å². The van der Waals surface area contributed by atoms with Gasteiger partial charge in [0.05, 0.1) is 6.61 Å². The maximum atomic E-state index is 8.97. The molecule has 1 rings (SSSR count). The molecule has 0 saturated carbocycles. The van der Waals surface area contributed by atoms with Crippen LogP contribution in [0.1, 0.15) is 19.8 Å². The highest BCUT2D eigenvalue weighted by atomic mass is 16.6. The van der Waals surface area contributed by atoms with E-state index in [1.54, 1.807) is 6.92 Å². The first kappa shape index (κ1) is 5.06. The standard InChI is InChI=1S/C5H10O2/c1-5(6)3-2-4-7-5/h6H,2-4H2,1H3. The second-order valence-corrected chi connectivity index (χ2v) is 2.13. The summed E-state index contributed by atoms with van der Waals surface area (Å²) in [6, 6.07) is 0. The third-order valence-corrected chi connectivity index (χ3v) is 1.20. The van der Waals surface area contributed by atoms with E-state index < -0.39 is 5.79 Å². The second-order valence-electron chi connectivity index (χ2n) is 2.13. The lowest BCUT2D eigenvalue weighted by molar-refractivity contribution is -0.155. The molecule has 0 aromatic heterocycles. The molecule has 0 spiro atoms. The van der Waals surface area contributed by atoms with Gasteiger partial charge in [-0.3, -0.25) is 0 Å². The molecule has 1 aliphatic heterocycles. The number of rotatable bonds is 0. The Morgan fingerprint density at radius 1 is 1.71 bits per heavy atom. The lowest BCUT2D eigenvalue weighted by Crippen LogP contribution is -2.20. The van der Waals surface area contributed by atoms with Gasteiger partial charge in [-0.15, -0.1) is 0 Å². The van der Waals surface area contributed by atoms with Gasteiger partial charge in [0.1, 0.15) is 0 Å². The zero-order valence-electron chi connectivity index (χ0n) is 4.48. The van der Waals surface area contributed by atoms with E-state index in [1.165, 1.54) is 0 Å². The predicted octanol–water partition coefficient (Wildman–Crippen LogP) is 0.505. The largest absolute Gasteiger partial charge is 0.366 e. The van der Waals surface area contributed by atoms with Crippen LogP contribution in [0.2, 0.25) is 0 Å². The summed E-state index contributed by atoms with van der Waals surface area (Å²) < 4.78 is 4.90. The summed E-state index contributed by atoms with van der Waals surface area (Å²) in [6.45, 7) is 2.41. The van der Waals surface area contributed by atoms with Crippen molar-refractivity contribution in [1.82, 2.24) is 0 Å². The van der Waals surface area contributed by atoms with E-state index in [4.69, 9.17) is 9.84 Å². The third-order valence-electron chi connectivity index (χ3n) is 1.20. The van der Waals surface area contributed by atoms with Crippen LogP contribution < -0.4 is 0 Å². The van der Waals surface area contributed by atoms with Gasteiger partial charge in [0.15, 0.2) is 5.79 Å². The van der Waals surface area contributed by atoms with Crippen LogP contribution in [0, 0.1) is 0 Å². The second kappa shape index (κ2) is 1.46. The van der Waals surface area contributed by atoms with Gasteiger partial charge in [-0.05, 0) is 13.3 Å². The highest BCUT2D eigenvalue weighted by molar-refractivity contribution is 4.65. The first-order chi connectivity index (χ1) is 3.21. The lowest BCUT2D eigenvalue weighted by atomic mass is 10.2. The SMILES string of the molecule is CC1(O)CCCO1. The van der Waals surface area contributed by atoms with Crippen molar-refractivity contribution in [3.05, 3.63) is 0 Å². The molecule has 0 aromatic carbocycles. The van der Waals surface area contributed by atoms with Gasteiger partial charge < -0.3 is 9.84 Å². The monoisotopic (exact) mass is 102 g/mol. The lowest BCUT2D eigenvalue weighted by Gasteiger charge is -2.12. The molecule has 1 unspecified atom stereocenters. The van der Waals surface area contributed by atoms with E-state index in [0.717, 1.165) is 12.8 Å². The molecule has 1 N–H and O–H groups in total. The molecular formula is C5H10O2. The third kappa shape index (κ3) is 1.14. The Morgan fingerprint density at radius 3 is 2.57 bits per heavy atom. The number of ether oxygens (including phenoxy) is 1. The van der Waals surface area contributed by atoms with Gasteiger partial charge in [-0.2, -0.15) is 0 Å². The summed E-state index contributed by atoms with van der Waals surface area (Å²) in [4.78, 5) is 0. The van der Waals surface area contributed by atoms with Gasteiger partial charge in [0.25, 0.3) is 0 Å². The average molecular weight is 102 g/mol. The van der Waals surface area contributed by atoms with Crippen molar-refractivity contribution in [3.63, 3.8) is 0 Å². The highest BCUT2D eigenvalue weighted by Gasteiger charge is 2.25. The Kier molecular flexibility index (Phi) is 1.05. The van der Waals surface area contributed by atoms with Crippen molar-refractivity contribution in [3.8, 4) is 0 Å². The highest BCUT2D eigenvalue weighted by Crippen LogP contribution is 2.20. The minimum atomic E-state index is -0.806. The van der Waals surface area contributed by atoms with Crippen LogP contribution in [0.15, 0.2) is 0 Å². The fourth-order valence-electron chi connectivity index (χ4n) is 0.764. The van der Waals surface area contributed by atoms with E-state index in [1.807, 2.05) is 0 Å². The van der Waals surface area contributed by atoms with Gasteiger partial charge in [0.2, 0.25) is 0 Å². The molecule has 0 amide bonds. The first-order valence-electron chi connectivity index (χ1n) is 2.57. The van der Waals surface area contributed by atoms with Crippen molar-refractivity contribution in [2.24, 2.45) is 0 Å². The molecule has 0 aliphatic carbocycles. The molecule has 0 aromatic rings. The van der Waals surface area contributed by atoms with E-state index in [-0.39, 0.29) is 0 Å². The van der Waals surface area contributed by atoms with Crippen LogP contribution in [0.25, 0.3) is 0 Å². The van der Waals surface area contributed by atoms with Crippen molar-refractivity contribution in [2.75, 3.05) is 6.61 Å². The van der Waals surface area contributed by atoms with Gasteiger partial charge in [0, 0.05) is 6.42 Å². The predicted molar refractivity (Wildman–Crippen MR) is 25.8 cm³/mol. The van der Waals surface area contributed by atoms with Gasteiger partial charge in [-0.25, -0.2) is 0 Å². The summed E-state index contributed by atoms with van der Waals surface area (Å²) in [6.07, 6.45) is 1.78. The normalized spacial score (nSPS) is 42.0. The van der Waals surface area contributed by atoms with E-state index in [9.17, 15) is 0 Å². The summed E-state index contributed by atoms with van der Waals surface area (Å²) in [5.74, 6) is -0.806. The fourth-order valence-corrected chi connectivity index (χ4v) is 0.764. The zero-order valence-corrected chi connectivity index (χ0v) is 4.48. The molecule has 1 aliphatic rings. The number of aliphatic hydroxyl groups is 1. The molecule has 2 nitrogen and oxygen atoms in total. The molecule has 42 valence electrons. The van der Waals surface area contributed by atoms with Crippen molar-refractivity contribution < 1.29 is 9.84 Å². The first-order valence-corrected chi connectivity index (χ1v) is 2.57. The summed E-state index contributed by atoms with van der Waals surface area (Å²) in [7, 11) is 0. The van der Waals surface area contributed by atoms with E-state index in [0.29, 0.717) is 6.61 Å². The summed E-state index contributed by atoms with van der Waals surface area (Å²) in [5.41, 5.74) is 0.